The van der Waals surface area contributed by atoms with Gasteiger partial charge in [0.05, 0.1) is 18.5 Å². The summed E-state index contributed by atoms with van der Waals surface area (Å²) in [5.74, 6) is 0.0385. The van der Waals surface area contributed by atoms with Crippen LogP contribution in [-0.2, 0) is 9.53 Å². The number of benzene rings is 2. The zero-order chi connectivity index (χ0) is 22.1. The van der Waals surface area contributed by atoms with Crippen molar-refractivity contribution in [2.75, 3.05) is 18.6 Å². The summed E-state index contributed by atoms with van der Waals surface area (Å²) in [6.07, 6.45) is 1.46. The molecule has 3 rings (SSSR count). The highest BCUT2D eigenvalue weighted by Crippen LogP contribution is 2.20. The van der Waals surface area contributed by atoms with Gasteiger partial charge >= 0.3 is 5.97 Å². The molecule has 0 aliphatic carbocycles. The van der Waals surface area contributed by atoms with E-state index in [4.69, 9.17) is 9.47 Å². The molecule has 0 saturated heterocycles. The Labute approximate surface area is 178 Å². The van der Waals surface area contributed by atoms with Gasteiger partial charge in [0.15, 0.2) is 6.61 Å². The monoisotopic (exact) mass is 417 g/mol. The molecule has 0 fully saturated rings. The molecule has 0 radical (unpaired) electrons. The van der Waals surface area contributed by atoms with Gasteiger partial charge in [-0.25, -0.2) is 15.2 Å². The van der Waals surface area contributed by atoms with Crippen LogP contribution in [0.4, 0.5) is 5.95 Å². The Morgan fingerprint density at radius 1 is 1.23 bits per heavy atom. The van der Waals surface area contributed by atoms with E-state index < -0.39 is 11.5 Å². The fourth-order valence-electron chi connectivity index (χ4n) is 2.66. The number of aromatic amines is 1. The number of aromatic nitrogens is 2. The zero-order valence-electron chi connectivity index (χ0n) is 16.7. The SMILES string of the molecule is CCOC(=O)COc1ccccc1C=NNc1nc(-c2ccccc2)c(C#N)c(=O)[nH]1. The molecule has 0 bridgehead atoms. The number of hydrazone groups is 1. The number of nitrogens with one attached hydrogen (secondary N) is 2. The fourth-order valence-corrected chi connectivity index (χ4v) is 2.66. The highest BCUT2D eigenvalue weighted by Gasteiger charge is 2.13. The first-order chi connectivity index (χ1) is 15.1. The third kappa shape index (κ3) is 5.55. The molecule has 3 aromatic rings. The predicted octanol–water partition coefficient (Wildman–Crippen LogP) is 2.70. The van der Waals surface area contributed by atoms with E-state index in [9.17, 15) is 14.9 Å². The van der Waals surface area contributed by atoms with Gasteiger partial charge in [-0.2, -0.15) is 10.4 Å². The first kappa shape index (κ1) is 21.3. The number of nitriles is 1. The number of carbonyl (C=O) groups is 1. The average Bonchev–Trinajstić information content (AvgIpc) is 2.79. The summed E-state index contributed by atoms with van der Waals surface area (Å²) >= 11 is 0. The molecule has 1 aromatic heterocycles. The third-order valence-corrected chi connectivity index (χ3v) is 4.02. The number of nitrogens with zero attached hydrogens (tertiary/aromatic N) is 3. The van der Waals surface area contributed by atoms with Crippen molar-refractivity contribution in [3.05, 3.63) is 76.1 Å². The van der Waals surface area contributed by atoms with Gasteiger partial charge < -0.3 is 9.47 Å². The van der Waals surface area contributed by atoms with Crippen molar-refractivity contribution in [2.45, 2.75) is 6.92 Å². The van der Waals surface area contributed by atoms with E-state index in [1.165, 1.54) is 6.21 Å². The van der Waals surface area contributed by atoms with Crippen LogP contribution < -0.4 is 15.7 Å². The number of hydrogen-bond donors (Lipinski definition) is 2. The second-order valence-electron chi connectivity index (χ2n) is 6.12. The van der Waals surface area contributed by atoms with E-state index in [0.717, 1.165) is 0 Å². The van der Waals surface area contributed by atoms with Crippen LogP contribution in [0.2, 0.25) is 0 Å². The summed E-state index contributed by atoms with van der Waals surface area (Å²) in [5, 5.41) is 13.4. The lowest BCUT2D eigenvalue weighted by atomic mass is 10.1. The molecule has 2 aromatic carbocycles. The molecule has 0 unspecified atom stereocenters. The predicted molar refractivity (Wildman–Crippen MR) is 115 cm³/mol. The Hall–Kier alpha value is -4.45. The Morgan fingerprint density at radius 3 is 2.71 bits per heavy atom. The van der Waals surface area contributed by atoms with E-state index in [1.807, 2.05) is 12.1 Å². The summed E-state index contributed by atoms with van der Waals surface area (Å²) in [5.41, 5.74) is 3.48. The Morgan fingerprint density at radius 2 is 1.97 bits per heavy atom. The van der Waals surface area contributed by atoms with E-state index in [0.29, 0.717) is 16.9 Å². The van der Waals surface area contributed by atoms with Gasteiger partial charge in [-0.05, 0) is 19.1 Å². The van der Waals surface area contributed by atoms with Crippen molar-refractivity contribution in [2.24, 2.45) is 5.10 Å². The average molecular weight is 417 g/mol. The largest absolute Gasteiger partial charge is 0.481 e. The highest BCUT2D eigenvalue weighted by molar-refractivity contribution is 5.84. The normalized spacial score (nSPS) is 10.5. The molecule has 0 aliphatic heterocycles. The first-order valence-corrected chi connectivity index (χ1v) is 9.38. The number of esters is 1. The summed E-state index contributed by atoms with van der Waals surface area (Å²) in [6, 6.07) is 17.8. The van der Waals surface area contributed by atoms with E-state index >= 15 is 0 Å². The quantitative estimate of drug-likeness (QED) is 0.327. The maximum atomic E-state index is 12.3. The van der Waals surface area contributed by atoms with Crippen molar-refractivity contribution < 1.29 is 14.3 Å². The summed E-state index contributed by atoms with van der Waals surface area (Å²) in [7, 11) is 0. The van der Waals surface area contributed by atoms with Gasteiger partial charge in [-0.15, -0.1) is 0 Å². The Balaban J connectivity index is 1.79. The van der Waals surface area contributed by atoms with E-state index in [1.54, 1.807) is 55.5 Å². The minimum Gasteiger partial charge on any atom is -0.481 e. The van der Waals surface area contributed by atoms with Gasteiger partial charge in [0.1, 0.15) is 17.4 Å². The van der Waals surface area contributed by atoms with E-state index in [-0.39, 0.29) is 30.4 Å². The van der Waals surface area contributed by atoms with Crippen LogP contribution in [0.3, 0.4) is 0 Å². The molecule has 1 heterocycles. The smallest absolute Gasteiger partial charge is 0.344 e. The van der Waals surface area contributed by atoms with Crippen molar-refractivity contribution in [3.8, 4) is 23.1 Å². The van der Waals surface area contributed by atoms with Crippen LogP contribution in [0.5, 0.6) is 5.75 Å². The molecule has 0 atom stereocenters. The van der Waals surface area contributed by atoms with Crippen LogP contribution in [0, 0.1) is 11.3 Å². The molecule has 2 N–H and O–H groups in total. The number of ether oxygens (including phenoxy) is 2. The molecule has 0 saturated carbocycles. The molecule has 9 heteroatoms. The minimum absolute atomic E-state index is 0.0732. The highest BCUT2D eigenvalue weighted by atomic mass is 16.6. The minimum atomic E-state index is -0.577. The Bertz CT molecular complexity index is 1180. The second kappa shape index (κ2) is 10.4. The number of anilines is 1. The summed E-state index contributed by atoms with van der Waals surface area (Å²) < 4.78 is 10.3. The van der Waals surface area contributed by atoms with Crippen LogP contribution in [0.15, 0.2) is 64.5 Å². The third-order valence-electron chi connectivity index (χ3n) is 4.02. The molecular weight excluding hydrogens is 398 g/mol. The van der Waals surface area contributed by atoms with Crippen molar-refractivity contribution >= 4 is 18.1 Å². The molecule has 0 amide bonds. The molecule has 31 heavy (non-hydrogen) atoms. The van der Waals surface area contributed by atoms with Gasteiger partial charge in [-0.3, -0.25) is 9.78 Å². The maximum Gasteiger partial charge on any atom is 0.344 e. The summed E-state index contributed by atoms with van der Waals surface area (Å²) in [6.45, 7) is 1.77. The number of carbonyl (C=O) groups excluding carboxylic acids is 1. The van der Waals surface area contributed by atoms with Gasteiger partial charge in [-0.1, -0.05) is 42.5 Å². The van der Waals surface area contributed by atoms with Crippen LogP contribution in [-0.4, -0.2) is 35.4 Å². The van der Waals surface area contributed by atoms with Gasteiger partial charge in [0.25, 0.3) is 5.56 Å². The zero-order valence-corrected chi connectivity index (χ0v) is 16.7. The van der Waals surface area contributed by atoms with E-state index in [2.05, 4.69) is 20.5 Å². The lowest BCUT2D eigenvalue weighted by Crippen LogP contribution is -2.16. The fraction of sp³-hybridized carbons (Fsp3) is 0.136. The Kier molecular flexibility index (Phi) is 7.11. The lowest BCUT2D eigenvalue weighted by molar-refractivity contribution is -0.145. The van der Waals surface area contributed by atoms with Crippen LogP contribution in [0.1, 0.15) is 18.1 Å². The molecule has 0 spiro atoms. The topological polar surface area (TPSA) is 129 Å². The van der Waals surface area contributed by atoms with Crippen LogP contribution >= 0.6 is 0 Å². The summed E-state index contributed by atoms with van der Waals surface area (Å²) in [4.78, 5) is 30.6. The van der Waals surface area contributed by atoms with Crippen molar-refractivity contribution in [3.63, 3.8) is 0 Å². The van der Waals surface area contributed by atoms with Crippen LogP contribution in [0.25, 0.3) is 11.3 Å². The standard InChI is InChI=1S/C22H19N5O4/c1-2-30-19(28)14-31-18-11-7-6-10-16(18)13-24-27-22-25-20(15-8-4-3-5-9-15)17(12-23)21(29)26-22/h3-11,13H,2,14H2,1H3,(H2,25,26,27,29). The van der Waals surface area contributed by atoms with Crippen molar-refractivity contribution in [1.82, 2.24) is 9.97 Å². The van der Waals surface area contributed by atoms with Gasteiger partial charge in [0.2, 0.25) is 5.95 Å². The molecule has 0 aliphatic rings. The second-order valence-corrected chi connectivity index (χ2v) is 6.12. The number of H-pyrrole nitrogens is 1. The van der Waals surface area contributed by atoms with Gasteiger partial charge in [0, 0.05) is 11.1 Å². The molecule has 9 nitrogen and oxygen atoms in total. The first-order valence-electron chi connectivity index (χ1n) is 9.38. The lowest BCUT2D eigenvalue weighted by Gasteiger charge is -2.08. The molecular formula is C22H19N5O4. The maximum absolute atomic E-state index is 12.3. The number of para-hydroxylation sites is 1. The number of rotatable bonds is 8. The molecule has 156 valence electrons. The number of hydrogen-bond acceptors (Lipinski definition) is 8. The van der Waals surface area contributed by atoms with Crippen molar-refractivity contribution in [1.29, 1.82) is 5.26 Å².